The molecule has 0 aliphatic heterocycles. The third kappa shape index (κ3) is 3.07. The van der Waals surface area contributed by atoms with Crippen LogP contribution in [-0.4, -0.2) is 16.1 Å². The van der Waals surface area contributed by atoms with Gasteiger partial charge < -0.3 is 9.88 Å². The largest absolute Gasteiger partial charge is 0.333 e. The van der Waals surface area contributed by atoms with Gasteiger partial charge in [0.1, 0.15) is 5.82 Å². The molecule has 4 nitrogen and oxygen atoms in total. The first-order valence-corrected chi connectivity index (χ1v) is 6.37. The van der Waals surface area contributed by atoms with E-state index < -0.39 is 0 Å². The fourth-order valence-electron chi connectivity index (χ4n) is 2.12. The van der Waals surface area contributed by atoms with Crippen LogP contribution in [0.1, 0.15) is 38.4 Å². The van der Waals surface area contributed by atoms with Crippen LogP contribution < -0.4 is 5.32 Å². The van der Waals surface area contributed by atoms with Gasteiger partial charge in [0, 0.05) is 30.8 Å². The number of rotatable bonds is 7. The zero-order valence-corrected chi connectivity index (χ0v) is 10.4. The summed E-state index contributed by atoms with van der Waals surface area (Å²) in [5.41, 5.74) is 0.245. The summed E-state index contributed by atoms with van der Waals surface area (Å²) in [4.78, 5) is 4.38. The molecule has 0 amide bonds. The van der Waals surface area contributed by atoms with E-state index in [1.165, 1.54) is 12.8 Å². The van der Waals surface area contributed by atoms with Crippen LogP contribution in [0.4, 0.5) is 0 Å². The molecule has 4 heteroatoms. The molecule has 17 heavy (non-hydrogen) atoms. The maximum Gasteiger partial charge on any atom is 0.122 e. The van der Waals surface area contributed by atoms with Gasteiger partial charge in [0.25, 0.3) is 0 Å². The third-order valence-corrected chi connectivity index (χ3v) is 3.43. The highest BCUT2D eigenvalue weighted by atomic mass is 15.1. The highest BCUT2D eigenvalue weighted by Gasteiger charge is 2.42. The fourth-order valence-corrected chi connectivity index (χ4v) is 2.12. The first-order valence-electron chi connectivity index (χ1n) is 6.37. The van der Waals surface area contributed by atoms with Crippen molar-refractivity contribution in [3.63, 3.8) is 0 Å². The van der Waals surface area contributed by atoms with Crippen molar-refractivity contribution in [1.82, 2.24) is 14.9 Å². The average molecular weight is 232 g/mol. The summed E-state index contributed by atoms with van der Waals surface area (Å²) in [7, 11) is 0. The van der Waals surface area contributed by atoms with Crippen LogP contribution in [0.15, 0.2) is 12.4 Å². The summed E-state index contributed by atoms with van der Waals surface area (Å²) in [6, 6.07) is 2.31. The van der Waals surface area contributed by atoms with Crippen molar-refractivity contribution >= 4 is 0 Å². The normalized spacial score (nSPS) is 16.7. The molecular weight excluding hydrogens is 212 g/mol. The van der Waals surface area contributed by atoms with Crippen LogP contribution in [0.5, 0.6) is 0 Å². The molecule has 1 aliphatic carbocycles. The van der Waals surface area contributed by atoms with E-state index in [0.717, 1.165) is 31.9 Å². The molecule has 1 aromatic heterocycles. The monoisotopic (exact) mass is 232 g/mol. The van der Waals surface area contributed by atoms with Crippen LogP contribution in [0.2, 0.25) is 0 Å². The maximum absolute atomic E-state index is 8.83. The fraction of sp³-hybridized carbons (Fsp3) is 0.692. The van der Waals surface area contributed by atoms with Gasteiger partial charge in [-0.25, -0.2) is 4.98 Å². The highest BCUT2D eigenvalue weighted by Crippen LogP contribution is 2.50. The lowest BCUT2D eigenvalue weighted by atomic mass is 10.0. The minimum absolute atomic E-state index is 0.245. The Morgan fingerprint density at radius 3 is 3.06 bits per heavy atom. The van der Waals surface area contributed by atoms with E-state index in [2.05, 4.69) is 27.9 Å². The number of nitriles is 1. The Morgan fingerprint density at radius 2 is 2.41 bits per heavy atom. The molecule has 0 saturated heterocycles. The van der Waals surface area contributed by atoms with E-state index >= 15 is 0 Å². The van der Waals surface area contributed by atoms with Gasteiger partial charge in [-0.05, 0) is 25.8 Å². The Hall–Kier alpha value is -1.34. The van der Waals surface area contributed by atoms with Crippen molar-refractivity contribution in [1.29, 1.82) is 5.26 Å². The van der Waals surface area contributed by atoms with Gasteiger partial charge in [-0.2, -0.15) is 5.26 Å². The molecule has 2 rings (SSSR count). The van der Waals surface area contributed by atoms with Gasteiger partial charge >= 0.3 is 0 Å². The summed E-state index contributed by atoms with van der Waals surface area (Å²) in [6.07, 6.45) is 8.05. The highest BCUT2D eigenvalue weighted by molar-refractivity contribution is 5.02. The first-order chi connectivity index (χ1) is 8.29. The smallest absolute Gasteiger partial charge is 0.122 e. The third-order valence-electron chi connectivity index (χ3n) is 3.43. The number of nitrogens with one attached hydrogen (secondary N) is 1. The second kappa shape index (κ2) is 5.33. The molecule has 1 saturated carbocycles. The Morgan fingerprint density at radius 1 is 1.59 bits per heavy atom. The summed E-state index contributed by atoms with van der Waals surface area (Å²) in [5, 5.41) is 12.2. The topological polar surface area (TPSA) is 53.6 Å². The minimum Gasteiger partial charge on any atom is -0.333 e. The molecular formula is C13H20N4. The van der Waals surface area contributed by atoms with E-state index in [0.29, 0.717) is 6.42 Å². The van der Waals surface area contributed by atoms with E-state index in [9.17, 15) is 0 Å². The molecule has 1 aliphatic rings. The van der Waals surface area contributed by atoms with Crippen LogP contribution >= 0.6 is 0 Å². The lowest BCUT2D eigenvalue weighted by Gasteiger charge is -2.14. The van der Waals surface area contributed by atoms with Crippen molar-refractivity contribution in [3.8, 4) is 6.07 Å². The molecule has 0 radical (unpaired) electrons. The average Bonchev–Trinajstić information content (AvgIpc) is 2.92. The summed E-state index contributed by atoms with van der Waals surface area (Å²) in [5.74, 6) is 1.09. The Bertz CT molecular complexity index is 398. The van der Waals surface area contributed by atoms with Gasteiger partial charge in [0.05, 0.1) is 12.6 Å². The van der Waals surface area contributed by atoms with Gasteiger partial charge in [-0.1, -0.05) is 6.92 Å². The number of nitrogens with zero attached hydrogens (tertiary/aromatic N) is 3. The summed E-state index contributed by atoms with van der Waals surface area (Å²) in [6.45, 7) is 4.95. The molecule has 1 N–H and O–H groups in total. The molecule has 0 unspecified atom stereocenters. The van der Waals surface area contributed by atoms with E-state index in [-0.39, 0.29) is 5.41 Å². The predicted octanol–water partition coefficient (Wildman–Crippen LogP) is 2.08. The zero-order chi connectivity index (χ0) is 12.1. The second-order valence-corrected chi connectivity index (χ2v) is 4.98. The van der Waals surface area contributed by atoms with Gasteiger partial charge in [0.2, 0.25) is 0 Å². The summed E-state index contributed by atoms with van der Waals surface area (Å²) >= 11 is 0. The molecule has 1 heterocycles. The number of aromatic nitrogens is 2. The standard InChI is InChI=1S/C13H20N4/c1-2-7-15-10-12-16-8-9-17(12)11-13(3-4-13)5-6-14/h8-9,15H,2-5,7,10-11H2,1H3. The molecule has 92 valence electrons. The quantitative estimate of drug-likeness (QED) is 0.732. The van der Waals surface area contributed by atoms with E-state index in [1.54, 1.807) is 0 Å². The first kappa shape index (κ1) is 12.1. The minimum atomic E-state index is 0.245. The summed E-state index contributed by atoms with van der Waals surface area (Å²) < 4.78 is 2.20. The molecule has 0 bridgehead atoms. The maximum atomic E-state index is 8.83. The molecule has 1 aromatic rings. The predicted molar refractivity (Wildman–Crippen MR) is 66.1 cm³/mol. The number of imidazole rings is 1. The van der Waals surface area contributed by atoms with Crippen LogP contribution in [0.3, 0.4) is 0 Å². The van der Waals surface area contributed by atoms with Gasteiger partial charge in [-0.15, -0.1) is 0 Å². The molecule has 0 aromatic carbocycles. The van der Waals surface area contributed by atoms with Gasteiger partial charge in [-0.3, -0.25) is 0 Å². The lowest BCUT2D eigenvalue weighted by molar-refractivity contribution is 0.418. The lowest BCUT2D eigenvalue weighted by Crippen LogP contribution is -2.20. The number of hydrogen-bond donors (Lipinski definition) is 1. The van der Waals surface area contributed by atoms with Crippen molar-refractivity contribution in [2.45, 2.75) is 45.7 Å². The Kier molecular flexibility index (Phi) is 3.80. The van der Waals surface area contributed by atoms with Gasteiger partial charge in [0.15, 0.2) is 0 Å². The van der Waals surface area contributed by atoms with Crippen LogP contribution in [0.25, 0.3) is 0 Å². The number of hydrogen-bond acceptors (Lipinski definition) is 3. The molecule has 0 spiro atoms. The molecule has 1 fully saturated rings. The van der Waals surface area contributed by atoms with Crippen molar-refractivity contribution in [3.05, 3.63) is 18.2 Å². The van der Waals surface area contributed by atoms with E-state index in [1.807, 2.05) is 12.4 Å². The van der Waals surface area contributed by atoms with Crippen molar-refractivity contribution in [2.24, 2.45) is 5.41 Å². The Balaban J connectivity index is 1.93. The zero-order valence-electron chi connectivity index (χ0n) is 10.4. The van der Waals surface area contributed by atoms with Crippen LogP contribution in [-0.2, 0) is 13.1 Å². The Labute approximate surface area is 103 Å². The van der Waals surface area contributed by atoms with E-state index in [4.69, 9.17) is 5.26 Å². The SMILES string of the molecule is CCCNCc1nccn1CC1(CC#N)CC1. The molecule has 0 atom stereocenters. The van der Waals surface area contributed by atoms with Crippen molar-refractivity contribution < 1.29 is 0 Å². The van der Waals surface area contributed by atoms with Crippen molar-refractivity contribution in [2.75, 3.05) is 6.54 Å². The van der Waals surface area contributed by atoms with Crippen LogP contribution in [0, 0.1) is 16.7 Å². The second-order valence-electron chi connectivity index (χ2n) is 4.98.